The van der Waals surface area contributed by atoms with Gasteiger partial charge >= 0.3 is 0 Å². The first-order chi connectivity index (χ1) is 42.0. The van der Waals surface area contributed by atoms with Crippen molar-refractivity contribution in [3.63, 3.8) is 0 Å². The van der Waals surface area contributed by atoms with E-state index in [2.05, 4.69) is 207 Å². The van der Waals surface area contributed by atoms with Crippen molar-refractivity contribution >= 4 is 125 Å². The van der Waals surface area contributed by atoms with Gasteiger partial charge in [0.15, 0.2) is 17.0 Å². The summed E-state index contributed by atoms with van der Waals surface area (Å²) in [5.74, 6) is 1.25. The van der Waals surface area contributed by atoms with E-state index in [4.69, 9.17) is 24.9 Å². The molecule has 0 saturated carbocycles. The Bertz CT molecular complexity index is 6150. The first-order valence-corrected chi connectivity index (χ1v) is 29.0. The van der Waals surface area contributed by atoms with E-state index in [0.29, 0.717) is 28.6 Å². The number of aromatic nitrogens is 9. The van der Waals surface area contributed by atoms with Gasteiger partial charge in [-0.05, 0) is 141 Å². The number of nitriles is 1. The molecular formula is C75H42N10. The van der Waals surface area contributed by atoms with Gasteiger partial charge in [-0.1, -0.05) is 133 Å². The molecule has 0 amide bonds. The van der Waals surface area contributed by atoms with Crippen LogP contribution in [0.3, 0.4) is 0 Å². The van der Waals surface area contributed by atoms with Crippen molar-refractivity contribution in [1.82, 2.24) is 43.4 Å². The highest BCUT2D eigenvalue weighted by Gasteiger charge is 2.36. The minimum absolute atomic E-state index is 0.227. The molecule has 10 heteroatoms. The van der Waals surface area contributed by atoms with Crippen LogP contribution >= 0.6 is 0 Å². The summed E-state index contributed by atoms with van der Waals surface area (Å²) < 4.78 is 6.99. The molecule has 0 saturated heterocycles. The first-order valence-electron chi connectivity index (χ1n) is 29.0. The molecule has 0 spiro atoms. The average molecular weight is 1080 g/mol. The number of para-hydroxylation sites is 2. The summed E-state index contributed by atoms with van der Waals surface area (Å²) in [6, 6.07) is 73.4. The minimum atomic E-state index is 0.227. The average Bonchev–Trinajstić information content (AvgIpc) is 1.72. The quantitative estimate of drug-likeness (QED) is 0.173. The largest absolute Gasteiger partial charge is 0.307 e. The zero-order chi connectivity index (χ0) is 55.5. The van der Waals surface area contributed by atoms with Gasteiger partial charge < -0.3 is 4.40 Å². The zero-order valence-corrected chi connectivity index (χ0v) is 45.6. The molecule has 392 valence electrons. The lowest BCUT2D eigenvalue weighted by Crippen LogP contribution is -2.08. The van der Waals surface area contributed by atoms with E-state index < -0.39 is 0 Å². The molecule has 10 nitrogen and oxygen atoms in total. The van der Waals surface area contributed by atoms with Crippen LogP contribution in [-0.2, 0) is 6.42 Å². The summed E-state index contributed by atoms with van der Waals surface area (Å²) in [5, 5.41) is 26.0. The van der Waals surface area contributed by atoms with Crippen molar-refractivity contribution in [2.24, 2.45) is 0 Å². The fourth-order valence-electron chi connectivity index (χ4n) is 15.6. The molecule has 2 aliphatic carbocycles. The highest BCUT2D eigenvalue weighted by molar-refractivity contribution is 6.36. The number of hydrogen-bond acceptors (Lipinski definition) is 7. The molecule has 85 heavy (non-hydrogen) atoms. The van der Waals surface area contributed by atoms with E-state index in [1.807, 2.05) is 24.4 Å². The van der Waals surface area contributed by atoms with Crippen LogP contribution in [-0.4, -0.2) is 43.4 Å². The molecule has 2 bridgehead atoms. The van der Waals surface area contributed by atoms with Crippen LogP contribution in [0, 0.1) is 18.3 Å². The van der Waals surface area contributed by atoms with E-state index in [0.717, 1.165) is 111 Å². The molecule has 1 atom stereocenters. The number of pyridine rings is 2. The standard InChI is InChI=1S/C75H42N10/c1-39-44-18-10-32-77-72(44)81-74(79-39)85-64-35-42(24-27-51(64)58-36-57-48-15-5-4-14-47(48)52-30-31-53(57)66(69(58)85)55-28-22-40-12-2-3-13-45(40)65(52)55)41-23-26-46-43(34-41)25-29-56-67-70-59(49-16-6-8-20-62(49)83(70)68(46)56)37-60-50-17-7-9-21-63(50)84(71(60)67)75-80-61(38-76)54-19-11-33-78-73(54)82-75/h2-29,32-37,52H,30-31H2,1H3. The van der Waals surface area contributed by atoms with Crippen molar-refractivity contribution < 1.29 is 0 Å². The van der Waals surface area contributed by atoms with Gasteiger partial charge in [-0.25, -0.2) is 19.9 Å². The Labute approximate surface area is 483 Å². The molecule has 8 aromatic heterocycles. The van der Waals surface area contributed by atoms with Gasteiger partial charge in [0, 0.05) is 77.7 Å². The van der Waals surface area contributed by atoms with Gasteiger partial charge in [0.25, 0.3) is 0 Å². The molecule has 1 unspecified atom stereocenters. The van der Waals surface area contributed by atoms with Crippen LogP contribution in [0.5, 0.6) is 0 Å². The van der Waals surface area contributed by atoms with Crippen LogP contribution in [0.2, 0.25) is 0 Å². The summed E-state index contributed by atoms with van der Waals surface area (Å²) in [4.78, 5) is 30.3. The Hall–Kier alpha value is -11.4. The SMILES string of the molecule is Cc1nc(-n2c3cc(-c4ccc5c(ccc6c7c8c(cc9c%10ccccc%10n(c56)c97)c5ccccc5n8-c5nc(C#N)c6cccnc6n5)c4)ccc3c3cc4c5c(c32)-c2ccc3ccccc3c2C(CC5)c2ccccc2-4)nc2ncccc12. The topological polar surface area (TPSA) is 115 Å². The normalized spacial score (nSPS) is 14.0. The smallest absolute Gasteiger partial charge is 0.238 e. The highest BCUT2D eigenvalue weighted by atomic mass is 15.2. The van der Waals surface area contributed by atoms with Crippen LogP contribution in [0.15, 0.2) is 207 Å². The van der Waals surface area contributed by atoms with E-state index in [1.54, 1.807) is 6.20 Å². The zero-order valence-electron chi connectivity index (χ0n) is 45.6. The Kier molecular flexibility index (Phi) is 8.62. The van der Waals surface area contributed by atoms with Gasteiger partial charge in [0.1, 0.15) is 6.07 Å². The molecule has 0 radical (unpaired) electrons. The van der Waals surface area contributed by atoms with Crippen LogP contribution in [0.1, 0.15) is 40.4 Å². The monoisotopic (exact) mass is 1080 g/mol. The molecule has 0 aliphatic heterocycles. The third-order valence-electron chi connectivity index (χ3n) is 19.1. The Morgan fingerprint density at radius 3 is 1.95 bits per heavy atom. The van der Waals surface area contributed by atoms with E-state index in [-0.39, 0.29) is 11.6 Å². The molecule has 20 rings (SSSR count). The first kappa shape index (κ1) is 45.2. The second-order valence-electron chi connectivity index (χ2n) is 23.2. The maximum absolute atomic E-state index is 10.5. The highest BCUT2D eigenvalue weighted by Crippen LogP contribution is 2.56. The van der Waals surface area contributed by atoms with Gasteiger partial charge in [0.05, 0.1) is 49.7 Å². The number of rotatable bonds is 3. The molecule has 0 fully saturated rings. The van der Waals surface area contributed by atoms with Gasteiger partial charge in [-0.2, -0.15) is 15.2 Å². The summed E-state index contributed by atoms with van der Waals surface area (Å²) in [6.07, 6.45) is 5.50. The van der Waals surface area contributed by atoms with Crippen molar-refractivity contribution in [1.29, 1.82) is 5.26 Å². The molecule has 2 aliphatic rings. The Balaban J connectivity index is 0.860. The summed E-state index contributed by atoms with van der Waals surface area (Å²) >= 11 is 0. The Morgan fingerprint density at radius 1 is 0.447 bits per heavy atom. The van der Waals surface area contributed by atoms with Crippen molar-refractivity contribution in [3.8, 4) is 51.3 Å². The number of nitrogens with zero attached hydrogens (tertiary/aromatic N) is 10. The fraction of sp³-hybridized carbons (Fsp3) is 0.0533. The summed E-state index contributed by atoms with van der Waals surface area (Å²) in [6.45, 7) is 2.07. The van der Waals surface area contributed by atoms with E-state index in [1.165, 1.54) is 65.9 Å². The third-order valence-corrected chi connectivity index (χ3v) is 19.1. The maximum Gasteiger partial charge on any atom is 0.238 e. The van der Waals surface area contributed by atoms with Gasteiger partial charge in [-0.15, -0.1) is 0 Å². The van der Waals surface area contributed by atoms with Crippen molar-refractivity contribution in [3.05, 3.63) is 235 Å². The molecule has 18 aromatic rings. The summed E-state index contributed by atoms with van der Waals surface area (Å²) in [7, 11) is 0. The number of benzene rings is 10. The fourth-order valence-corrected chi connectivity index (χ4v) is 15.6. The lowest BCUT2D eigenvalue weighted by atomic mass is 9.78. The number of fused-ring (bicyclic) bond motifs is 28. The van der Waals surface area contributed by atoms with Crippen LogP contribution in [0.4, 0.5) is 0 Å². The van der Waals surface area contributed by atoms with Crippen LogP contribution in [0.25, 0.3) is 171 Å². The minimum Gasteiger partial charge on any atom is -0.307 e. The van der Waals surface area contributed by atoms with E-state index in [9.17, 15) is 5.26 Å². The van der Waals surface area contributed by atoms with E-state index >= 15 is 0 Å². The number of hydrogen-bond donors (Lipinski definition) is 0. The predicted octanol–water partition coefficient (Wildman–Crippen LogP) is 17.6. The lowest BCUT2D eigenvalue weighted by molar-refractivity contribution is 0.740. The summed E-state index contributed by atoms with van der Waals surface area (Å²) in [5.41, 5.74) is 21.4. The van der Waals surface area contributed by atoms with Gasteiger partial charge in [0.2, 0.25) is 11.9 Å². The Morgan fingerprint density at radius 2 is 1.09 bits per heavy atom. The molecule has 10 aromatic carbocycles. The third kappa shape index (κ3) is 5.81. The molecule has 8 heterocycles. The van der Waals surface area contributed by atoms with Crippen molar-refractivity contribution in [2.45, 2.75) is 25.7 Å². The van der Waals surface area contributed by atoms with Gasteiger partial charge in [-0.3, -0.25) is 9.13 Å². The lowest BCUT2D eigenvalue weighted by Gasteiger charge is -2.26. The second kappa shape index (κ2) is 16.2. The van der Waals surface area contributed by atoms with Crippen molar-refractivity contribution in [2.75, 3.05) is 0 Å². The maximum atomic E-state index is 10.5. The number of aryl methyl sites for hydroxylation is 1. The van der Waals surface area contributed by atoms with Crippen LogP contribution < -0.4 is 0 Å². The molecular weight excluding hydrogens is 1040 g/mol. The second-order valence-corrected chi connectivity index (χ2v) is 23.2. The predicted molar refractivity (Wildman–Crippen MR) is 342 cm³/mol. The molecule has 0 N–H and O–H groups in total.